The highest BCUT2D eigenvalue weighted by molar-refractivity contribution is 5.46. The lowest BCUT2D eigenvalue weighted by atomic mass is 9.90. The van der Waals surface area contributed by atoms with Crippen LogP contribution in [0.2, 0.25) is 0 Å². The first-order valence-electron chi connectivity index (χ1n) is 6.43. The summed E-state index contributed by atoms with van der Waals surface area (Å²) in [6.07, 6.45) is 6.33. The molecule has 1 aromatic heterocycles. The Bertz CT molecular complexity index is 493. The van der Waals surface area contributed by atoms with Crippen LogP contribution < -0.4 is 5.73 Å². The molecule has 0 aliphatic carbocycles. The SMILES string of the molecule is CN1C2CCC1CC(c1ncc(C#N)c(N)n1)C2. The second-order valence-corrected chi connectivity index (χ2v) is 5.36. The van der Waals surface area contributed by atoms with Gasteiger partial charge in [0.2, 0.25) is 0 Å². The molecule has 0 saturated carbocycles. The standard InChI is InChI=1S/C13H17N5/c1-18-10-2-3-11(18)5-8(4-10)13-16-7-9(6-14)12(15)17-13/h7-8,10-11H,2-5H2,1H3,(H2,15,16,17). The number of hydrogen-bond acceptors (Lipinski definition) is 5. The van der Waals surface area contributed by atoms with Gasteiger partial charge in [-0.3, -0.25) is 0 Å². The van der Waals surface area contributed by atoms with Crippen molar-refractivity contribution in [2.75, 3.05) is 12.8 Å². The van der Waals surface area contributed by atoms with E-state index in [4.69, 9.17) is 11.0 Å². The number of aromatic nitrogens is 2. The van der Waals surface area contributed by atoms with Gasteiger partial charge in [-0.25, -0.2) is 9.97 Å². The van der Waals surface area contributed by atoms with Crippen molar-refractivity contribution < 1.29 is 0 Å². The molecule has 2 fully saturated rings. The van der Waals surface area contributed by atoms with Gasteiger partial charge in [-0.05, 0) is 32.7 Å². The summed E-state index contributed by atoms with van der Waals surface area (Å²) in [7, 11) is 2.21. The molecule has 5 heteroatoms. The summed E-state index contributed by atoms with van der Waals surface area (Å²) in [6, 6.07) is 3.33. The highest BCUT2D eigenvalue weighted by Gasteiger charge is 2.39. The van der Waals surface area contributed by atoms with Crippen LogP contribution in [0.15, 0.2) is 6.20 Å². The molecule has 3 heterocycles. The number of nitrogens with two attached hydrogens (primary N) is 1. The fraction of sp³-hybridized carbons (Fsp3) is 0.615. The van der Waals surface area contributed by atoms with Crippen molar-refractivity contribution in [1.82, 2.24) is 14.9 Å². The number of nitrogens with zero attached hydrogens (tertiary/aromatic N) is 4. The first kappa shape index (κ1) is 11.4. The molecular weight excluding hydrogens is 226 g/mol. The molecule has 18 heavy (non-hydrogen) atoms. The van der Waals surface area contributed by atoms with Crippen LogP contribution in [0.3, 0.4) is 0 Å². The molecule has 2 saturated heterocycles. The maximum atomic E-state index is 8.83. The Morgan fingerprint density at radius 3 is 2.61 bits per heavy atom. The Kier molecular flexibility index (Phi) is 2.67. The van der Waals surface area contributed by atoms with Crippen LogP contribution in [0.5, 0.6) is 0 Å². The van der Waals surface area contributed by atoms with Gasteiger partial charge in [-0.2, -0.15) is 5.26 Å². The first-order valence-corrected chi connectivity index (χ1v) is 6.43. The summed E-state index contributed by atoms with van der Waals surface area (Å²) in [5.74, 6) is 1.53. The fourth-order valence-electron chi connectivity index (χ4n) is 3.31. The third kappa shape index (κ3) is 1.73. The average Bonchev–Trinajstić information content (AvgIpc) is 2.61. The van der Waals surface area contributed by atoms with E-state index in [0.29, 0.717) is 29.4 Å². The monoisotopic (exact) mass is 243 g/mol. The van der Waals surface area contributed by atoms with Crippen molar-refractivity contribution in [2.24, 2.45) is 0 Å². The number of hydrogen-bond donors (Lipinski definition) is 1. The second-order valence-electron chi connectivity index (χ2n) is 5.36. The Labute approximate surface area is 107 Å². The van der Waals surface area contributed by atoms with Gasteiger partial charge in [-0.15, -0.1) is 0 Å². The van der Waals surface area contributed by atoms with Crippen LogP contribution >= 0.6 is 0 Å². The molecule has 1 aromatic rings. The van der Waals surface area contributed by atoms with Crippen molar-refractivity contribution in [3.8, 4) is 6.07 Å². The molecule has 0 amide bonds. The minimum Gasteiger partial charge on any atom is -0.382 e. The molecule has 2 atom stereocenters. The molecule has 0 radical (unpaired) electrons. The van der Waals surface area contributed by atoms with E-state index >= 15 is 0 Å². The summed E-state index contributed by atoms with van der Waals surface area (Å²) in [4.78, 5) is 11.1. The molecule has 2 aliphatic heterocycles. The molecule has 2 N–H and O–H groups in total. The maximum absolute atomic E-state index is 8.83. The predicted octanol–water partition coefficient (Wildman–Crippen LogP) is 1.27. The van der Waals surface area contributed by atoms with Crippen LogP contribution in [-0.4, -0.2) is 34.0 Å². The van der Waals surface area contributed by atoms with E-state index in [1.165, 1.54) is 12.8 Å². The summed E-state index contributed by atoms with van der Waals surface area (Å²) in [5, 5.41) is 8.83. The summed E-state index contributed by atoms with van der Waals surface area (Å²) in [6.45, 7) is 0. The van der Waals surface area contributed by atoms with E-state index in [-0.39, 0.29) is 0 Å². The lowest BCUT2D eigenvalue weighted by Gasteiger charge is -2.35. The number of rotatable bonds is 1. The third-order valence-corrected chi connectivity index (χ3v) is 4.42. The molecule has 3 rings (SSSR count). The molecule has 2 bridgehead atoms. The van der Waals surface area contributed by atoms with Crippen molar-refractivity contribution in [1.29, 1.82) is 5.26 Å². The Morgan fingerprint density at radius 2 is 2.06 bits per heavy atom. The smallest absolute Gasteiger partial charge is 0.145 e. The average molecular weight is 243 g/mol. The van der Waals surface area contributed by atoms with Crippen LogP contribution in [-0.2, 0) is 0 Å². The van der Waals surface area contributed by atoms with Crippen LogP contribution in [0, 0.1) is 11.3 Å². The summed E-state index contributed by atoms with van der Waals surface area (Å²) < 4.78 is 0. The molecule has 5 nitrogen and oxygen atoms in total. The van der Waals surface area contributed by atoms with Crippen molar-refractivity contribution in [3.63, 3.8) is 0 Å². The van der Waals surface area contributed by atoms with Gasteiger partial charge in [0.25, 0.3) is 0 Å². The fourth-order valence-corrected chi connectivity index (χ4v) is 3.31. The highest BCUT2D eigenvalue weighted by atomic mass is 15.2. The van der Waals surface area contributed by atoms with Gasteiger partial charge >= 0.3 is 0 Å². The molecular formula is C13H17N5. The zero-order valence-corrected chi connectivity index (χ0v) is 10.5. The van der Waals surface area contributed by atoms with E-state index in [2.05, 4.69) is 21.9 Å². The first-order chi connectivity index (χ1) is 8.69. The minimum atomic E-state index is 0.314. The van der Waals surface area contributed by atoms with Crippen molar-refractivity contribution in [3.05, 3.63) is 17.6 Å². The summed E-state index contributed by atoms with van der Waals surface area (Å²) >= 11 is 0. The minimum absolute atomic E-state index is 0.314. The quantitative estimate of drug-likeness (QED) is 0.803. The lowest BCUT2D eigenvalue weighted by Crippen LogP contribution is -2.39. The van der Waals surface area contributed by atoms with E-state index in [9.17, 15) is 0 Å². The van der Waals surface area contributed by atoms with Gasteiger partial charge in [-0.1, -0.05) is 0 Å². The van der Waals surface area contributed by atoms with Crippen molar-refractivity contribution in [2.45, 2.75) is 43.7 Å². The molecule has 2 aliphatic rings. The number of piperidine rings is 1. The molecule has 94 valence electrons. The molecule has 2 unspecified atom stereocenters. The number of fused-ring (bicyclic) bond motifs is 2. The number of nitrogen functional groups attached to an aromatic ring is 1. The van der Waals surface area contributed by atoms with E-state index in [1.807, 2.05) is 6.07 Å². The zero-order chi connectivity index (χ0) is 12.7. The van der Waals surface area contributed by atoms with Gasteiger partial charge in [0.1, 0.15) is 23.3 Å². The second kappa shape index (κ2) is 4.21. The largest absolute Gasteiger partial charge is 0.382 e. The van der Waals surface area contributed by atoms with E-state index in [1.54, 1.807) is 6.20 Å². The Balaban J connectivity index is 1.84. The topological polar surface area (TPSA) is 78.8 Å². The molecule has 0 aromatic carbocycles. The van der Waals surface area contributed by atoms with Gasteiger partial charge < -0.3 is 10.6 Å². The van der Waals surface area contributed by atoms with Crippen molar-refractivity contribution >= 4 is 5.82 Å². The predicted molar refractivity (Wildman–Crippen MR) is 67.7 cm³/mol. The van der Waals surface area contributed by atoms with Gasteiger partial charge in [0.05, 0.1) is 6.20 Å². The van der Waals surface area contributed by atoms with Crippen LogP contribution in [0.25, 0.3) is 0 Å². The van der Waals surface area contributed by atoms with Gasteiger partial charge in [0, 0.05) is 18.0 Å². The highest BCUT2D eigenvalue weighted by Crippen LogP contribution is 2.41. The van der Waals surface area contributed by atoms with Gasteiger partial charge in [0.15, 0.2) is 0 Å². The Hall–Kier alpha value is -1.67. The van der Waals surface area contributed by atoms with E-state index in [0.717, 1.165) is 18.7 Å². The van der Waals surface area contributed by atoms with Crippen LogP contribution in [0.1, 0.15) is 43.0 Å². The number of anilines is 1. The third-order valence-electron chi connectivity index (χ3n) is 4.42. The zero-order valence-electron chi connectivity index (χ0n) is 10.5. The maximum Gasteiger partial charge on any atom is 0.145 e. The molecule has 0 spiro atoms. The van der Waals surface area contributed by atoms with E-state index < -0.39 is 0 Å². The lowest BCUT2D eigenvalue weighted by molar-refractivity contribution is 0.159. The normalized spacial score (nSPS) is 31.2. The Morgan fingerprint density at radius 1 is 1.39 bits per heavy atom. The van der Waals surface area contributed by atoms with Crippen LogP contribution in [0.4, 0.5) is 5.82 Å². The summed E-state index contributed by atoms with van der Waals surface area (Å²) in [5.41, 5.74) is 6.14. The number of nitriles is 1.